The molecule has 1 aromatic rings. The van der Waals surface area contributed by atoms with E-state index in [1.165, 1.54) is 6.07 Å². The summed E-state index contributed by atoms with van der Waals surface area (Å²) in [5, 5.41) is 3.29. The van der Waals surface area contributed by atoms with Crippen LogP contribution in [0.15, 0.2) is 18.2 Å². The summed E-state index contributed by atoms with van der Waals surface area (Å²) in [5.41, 5.74) is 0.727. The van der Waals surface area contributed by atoms with Crippen molar-refractivity contribution in [2.24, 2.45) is 0 Å². The van der Waals surface area contributed by atoms with Crippen LogP contribution in [-0.2, 0) is 11.2 Å². The Bertz CT molecular complexity index is 485. The molecule has 0 spiro atoms. The largest absolute Gasteiger partial charge is 0.340 e. The minimum Gasteiger partial charge on any atom is -0.340 e. The molecular weight excluding hydrogens is 298 g/mol. The van der Waals surface area contributed by atoms with Crippen molar-refractivity contribution < 1.29 is 13.6 Å². The number of halogens is 3. The lowest BCUT2D eigenvalue weighted by molar-refractivity contribution is -0.132. The van der Waals surface area contributed by atoms with Crippen LogP contribution < -0.4 is 5.32 Å². The fraction of sp³-hybridized carbons (Fsp3) is 0.533. The molecule has 21 heavy (non-hydrogen) atoms. The fourth-order valence-corrected chi connectivity index (χ4v) is 2.46. The van der Waals surface area contributed by atoms with Gasteiger partial charge in [-0.25, -0.2) is 8.78 Å². The van der Waals surface area contributed by atoms with Gasteiger partial charge in [-0.05, 0) is 37.5 Å². The molecule has 118 valence electrons. The highest BCUT2D eigenvalue weighted by molar-refractivity contribution is 5.85. The second-order valence-electron chi connectivity index (χ2n) is 5.30. The number of rotatable bonds is 4. The second kappa shape index (κ2) is 8.29. The van der Waals surface area contributed by atoms with Gasteiger partial charge < -0.3 is 10.2 Å². The van der Waals surface area contributed by atoms with E-state index in [2.05, 4.69) is 12.2 Å². The summed E-state index contributed by atoms with van der Waals surface area (Å²) >= 11 is 0. The van der Waals surface area contributed by atoms with E-state index in [4.69, 9.17) is 0 Å². The molecule has 1 N–H and O–H groups in total. The van der Waals surface area contributed by atoms with Crippen LogP contribution in [-0.4, -0.2) is 36.5 Å². The highest BCUT2D eigenvalue weighted by atomic mass is 35.5. The molecule has 0 radical (unpaired) electrons. The highest BCUT2D eigenvalue weighted by Gasteiger charge is 2.19. The summed E-state index contributed by atoms with van der Waals surface area (Å²) < 4.78 is 25.8. The summed E-state index contributed by atoms with van der Waals surface area (Å²) in [6.45, 7) is 4.37. The first kappa shape index (κ1) is 17.9. The second-order valence-corrected chi connectivity index (χ2v) is 5.30. The van der Waals surface area contributed by atoms with E-state index >= 15 is 0 Å². The lowest BCUT2D eigenvalue weighted by Gasteiger charge is -2.32. The third kappa shape index (κ3) is 5.25. The molecule has 0 bridgehead atoms. The maximum Gasteiger partial charge on any atom is 0.222 e. The van der Waals surface area contributed by atoms with Gasteiger partial charge >= 0.3 is 0 Å². The molecule has 1 aromatic carbocycles. The first-order valence-corrected chi connectivity index (χ1v) is 7.01. The number of nitrogens with zero attached hydrogens (tertiary/aromatic N) is 1. The van der Waals surface area contributed by atoms with Crippen molar-refractivity contribution in [2.45, 2.75) is 32.2 Å². The number of piperazine rings is 1. The number of carbonyl (C=O) groups is 1. The lowest BCUT2D eigenvalue weighted by atomic mass is 10.1. The first-order chi connectivity index (χ1) is 9.56. The SMILES string of the molecule is CC1CN(C(=O)CCCc2ccc(F)c(F)c2)CCN1.Cl. The number of aryl methyl sites for hydroxylation is 1. The zero-order valence-corrected chi connectivity index (χ0v) is 12.9. The quantitative estimate of drug-likeness (QED) is 0.925. The molecular formula is C15H21ClF2N2O. The van der Waals surface area contributed by atoms with Crippen LogP contribution in [0.5, 0.6) is 0 Å². The van der Waals surface area contributed by atoms with Crippen molar-refractivity contribution in [3.05, 3.63) is 35.4 Å². The van der Waals surface area contributed by atoms with Gasteiger partial charge in [0.2, 0.25) is 5.91 Å². The van der Waals surface area contributed by atoms with E-state index in [9.17, 15) is 13.6 Å². The molecule has 0 saturated carbocycles. The highest BCUT2D eigenvalue weighted by Crippen LogP contribution is 2.12. The number of amides is 1. The lowest BCUT2D eigenvalue weighted by Crippen LogP contribution is -2.51. The van der Waals surface area contributed by atoms with Gasteiger partial charge in [-0.15, -0.1) is 12.4 Å². The molecule has 0 aromatic heterocycles. The zero-order valence-electron chi connectivity index (χ0n) is 12.1. The molecule has 1 atom stereocenters. The number of carbonyl (C=O) groups excluding carboxylic acids is 1. The van der Waals surface area contributed by atoms with Crippen LogP contribution in [0, 0.1) is 11.6 Å². The minimum atomic E-state index is -0.834. The molecule has 6 heteroatoms. The Labute approximate surface area is 130 Å². The van der Waals surface area contributed by atoms with Crippen LogP contribution in [0.2, 0.25) is 0 Å². The molecule has 1 unspecified atom stereocenters. The van der Waals surface area contributed by atoms with E-state index in [-0.39, 0.29) is 18.3 Å². The van der Waals surface area contributed by atoms with Crippen LogP contribution >= 0.6 is 12.4 Å². The summed E-state index contributed by atoms with van der Waals surface area (Å²) in [5.74, 6) is -1.52. The predicted molar refractivity (Wildman–Crippen MR) is 80.6 cm³/mol. The Morgan fingerprint density at radius 1 is 1.38 bits per heavy atom. The average molecular weight is 319 g/mol. The van der Waals surface area contributed by atoms with E-state index in [0.29, 0.717) is 25.3 Å². The van der Waals surface area contributed by atoms with Crippen molar-refractivity contribution in [1.82, 2.24) is 10.2 Å². The number of nitrogens with one attached hydrogen (secondary N) is 1. The number of benzene rings is 1. The van der Waals surface area contributed by atoms with Crippen molar-refractivity contribution in [3.63, 3.8) is 0 Å². The Hall–Kier alpha value is -1.20. The molecule has 1 amide bonds. The average Bonchev–Trinajstić information content (AvgIpc) is 2.42. The van der Waals surface area contributed by atoms with Gasteiger partial charge in [-0.1, -0.05) is 6.07 Å². The predicted octanol–water partition coefficient (Wildman–Crippen LogP) is 2.53. The van der Waals surface area contributed by atoms with E-state index in [1.807, 2.05) is 4.90 Å². The van der Waals surface area contributed by atoms with Crippen LogP contribution in [0.3, 0.4) is 0 Å². The standard InChI is InChI=1S/C15H20F2N2O.ClH/c1-11-10-19(8-7-18-11)15(20)4-2-3-12-5-6-13(16)14(17)9-12;/h5-6,9,11,18H,2-4,7-8,10H2,1H3;1H. The summed E-state index contributed by atoms with van der Waals surface area (Å²) in [6.07, 6.45) is 1.69. The number of hydrogen-bond donors (Lipinski definition) is 1. The third-order valence-corrected chi connectivity index (χ3v) is 3.56. The van der Waals surface area contributed by atoms with Gasteiger partial charge in [0.1, 0.15) is 0 Å². The Kier molecular flexibility index (Phi) is 7.05. The maximum atomic E-state index is 13.0. The maximum absolute atomic E-state index is 13.0. The van der Waals surface area contributed by atoms with Crippen molar-refractivity contribution in [1.29, 1.82) is 0 Å². The Morgan fingerprint density at radius 2 is 2.14 bits per heavy atom. The third-order valence-electron chi connectivity index (χ3n) is 3.56. The fourth-order valence-electron chi connectivity index (χ4n) is 2.46. The normalized spacial score (nSPS) is 18.2. The molecule has 3 nitrogen and oxygen atoms in total. The monoisotopic (exact) mass is 318 g/mol. The smallest absolute Gasteiger partial charge is 0.222 e. The summed E-state index contributed by atoms with van der Waals surface area (Å²) in [6, 6.07) is 4.23. The van der Waals surface area contributed by atoms with Gasteiger partial charge in [-0.3, -0.25) is 4.79 Å². The molecule has 1 aliphatic heterocycles. The summed E-state index contributed by atoms with van der Waals surface area (Å²) in [7, 11) is 0. The molecule has 1 aliphatic rings. The van der Waals surface area contributed by atoms with Crippen LogP contribution in [0.25, 0.3) is 0 Å². The van der Waals surface area contributed by atoms with Crippen molar-refractivity contribution >= 4 is 18.3 Å². The van der Waals surface area contributed by atoms with Crippen LogP contribution in [0.1, 0.15) is 25.3 Å². The Balaban J connectivity index is 0.00000220. The molecule has 1 saturated heterocycles. The zero-order chi connectivity index (χ0) is 14.5. The van der Waals surface area contributed by atoms with E-state index in [1.54, 1.807) is 6.07 Å². The molecule has 1 fully saturated rings. The minimum absolute atomic E-state index is 0. The molecule has 0 aliphatic carbocycles. The topological polar surface area (TPSA) is 32.3 Å². The molecule has 1 heterocycles. The Morgan fingerprint density at radius 3 is 2.81 bits per heavy atom. The van der Waals surface area contributed by atoms with Crippen molar-refractivity contribution in [2.75, 3.05) is 19.6 Å². The van der Waals surface area contributed by atoms with E-state index < -0.39 is 11.6 Å². The van der Waals surface area contributed by atoms with Gasteiger partial charge in [0.05, 0.1) is 0 Å². The van der Waals surface area contributed by atoms with Gasteiger partial charge in [0.25, 0.3) is 0 Å². The van der Waals surface area contributed by atoms with Crippen molar-refractivity contribution in [3.8, 4) is 0 Å². The van der Waals surface area contributed by atoms with Gasteiger partial charge in [0, 0.05) is 32.1 Å². The molecule has 2 rings (SSSR count). The van der Waals surface area contributed by atoms with Crippen LogP contribution in [0.4, 0.5) is 8.78 Å². The first-order valence-electron chi connectivity index (χ1n) is 7.01. The van der Waals surface area contributed by atoms with E-state index in [0.717, 1.165) is 31.3 Å². The van der Waals surface area contributed by atoms with Gasteiger partial charge in [0.15, 0.2) is 11.6 Å². The number of hydrogen-bond acceptors (Lipinski definition) is 2. The summed E-state index contributed by atoms with van der Waals surface area (Å²) in [4.78, 5) is 13.9. The van der Waals surface area contributed by atoms with Gasteiger partial charge in [-0.2, -0.15) is 0 Å².